The summed E-state index contributed by atoms with van der Waals surface area (Å²) in [4.78, 5) is 24.2. The van der Waals surface area contributed by atoms with Gasteiger partial charge in [-0.05, 0) is 62.9 Å². The first-order chi connectivity index (χ1) is 12.0. The number of piperidine rings is 1. The third-order valence-electron chi connectivity index (χ3n) is 4.78. The second-order valence-electron chi connectivity index (χ2n) is 6.78. The van der Waals surface area contributed by atoms with Gasteiger partial charge in [0.15, 0.2) is 0 Å². The first-order valence-corrected chi connectivity index (χ1v) is 8.94. The highest BCUT2D eigenvalue weighted by Crippen LogP contribution is 2.23. The first-order valence-electron chi connectivity index (χ1n) is 8.94. The summed E-state index contributed by atoms with van der Waals surface area (Å²) in [5.74, 6) is 0.690. The van der Waals surface area contributed by atoms with Crippen LogP contribution in [-0.4, -0.2) is 38.1 Å². The van der Waals surface area contributed by atoms with Crippen molar-refractivity contribution in [3.05, 3.63) is 24.3 Å². The topological polar surface area (TPSA) is 79.5 Å². The SMILES string of the molecule is COC(C)C(=O)Nc1cccc(NC(=O)CC(C)C2CCCNC2)c1. The van der Waals surface area contributed by atoms with Crippen LogP contribution in [0.3, 0.4) is 0 Å². The van der Waals surface area contributed by atoms with Crippen molar-refractivity contribution in [3.63, 3.8) is 0 Å². The zero-order valence-electron chi connectivity index (χ0n) is 15.3. The van der Waals surface area contributed by atoms with Gasteiger partial charge in [-0.15, -0.1) is 0 Å². The summed E-state index contributed by atoms with van der Waals surface area (Å²) >= 11 is 0. The number of nitrogens with one attached hydrogen (secondary N) is 3. The summed E-state index contributed by atoms with van der Waals surface area (Å²) in [6.45, 7) is 5.89. The van der Waals surface area contributed by atoms with Gasteiger partial charge in [0, 0.05) is 24.9 Å². The molecule has 1 aliphatic rings. The number of methoxy groups -OCH3 is 1. The lowest BCUT2D eigenvalue weighted by molar-refractivity contribution is -0.124. The van der Waals surface area contributed by atoms with Crippen molar-refractivity contribution in [3.8, 4) is 0 Å². The minimum Gasteiger partial charge on any atom is -0.372 e. The molecule has 2 rings (SSSR count). The van der Waals surface area contributed by atoms with E-state index in [1.54, 1.807) is 25.1 Å². The van der Waals surface area contributed by atoms with Crippen molar-refractivity contribution in [2.45, 2.75) is 39.2 Å². The molecule has 1 saturated heterocycles. The molecule has 1 aromatic rings. The second-order valence-corrected chi connectivity index (χ2v) is 6.78. The predicted octanol–water partition coefficient (Wildman–Crippen LogP) is 2.62. The molecule has 0 aliphatic carbocycles. The van der Waals surface area contributed by atoms with Crippen molar-refractivity contribution < 1.29 is 14.3 Å². The molecule has 1 heterocycles. The van der Waals surface area contributed by atoms with E-state index in [1.165, 1.54) is 20.0 Å². The van der Waals surface area contributed by atoms with Gasteiger partial charge in [0.05, 0.1) is 0 Å². The highest BCUT2D eigenvalue weighted by molar-refractivity contribution is 5.95. The molecule has 0 saturated carbocycles. The van der Waals surface area contributed by atoms with E-state index in [2.05, 4.69) is 22.9 Å². The first kappa shape index (κ1) is 19.4. The fraction of sp³-hybridized carbons (Fsp3) is 0.579. The van der Waals surface area contributed by atoms with E-state index in [9.17, 15) is 9.59 Å². The summed E-state index contributed by atoms with van der Waals surface area (Å²) in [6, 6.07) is 7.16. The van der Waals surface area contributed by atoms with Crippen molar-refractivity contribution in [2.75, 3.05) is 30.8 Å². The predicted molar refractivity (Wildman–Crippen MR) is 99.5 cm³/mol. The summed E-state index contributed by atoms with van der Waals surface area (Å²) < 4.78 is 4.99. The molecule has 6 heteroatoms. The van der Waals surface area contributed by atoms with Crippen LogP contribution in [0.2, 0.25) is 0 Å². The van der Waals surface area contributed by atoms with Crippen molar-refractivity contribution >= 4 is 23.2 Å². The molecule has 0 spiro atoms. The molecule has 3 unspecified atom stereocenters. The van der Waals surface area contributed by atoms with E-state index in [-0.39, 0.29) is 11.8 Å². The summed E-state index contributed by atoms with van der Waals surface area (Å²) in [5.41, 5.74) is 1.32. The largest absolute Gasteiger partial charge is 0.372 e. The Morgan fingerprint density at radius 2 is 2.00 bits per heavy atom. The average molecular weight is 347 g/mol. The summed E-state index contributed by atoms with van der Waals surface area (Å²) in [6.07, 6.45) is 2.34. The van der Waals surface area contributed by atoms with Crippen LogP contribution in [-0.2, 0) is 14.3 Å². The van der Waals surface area contributed by atoms with Crippen LogP contribution in [0.4, 0.5) is 11.4 Å². The highest BCUT2D eigenvalue weighted by Gasteiger charge is 2.22. The van der Waals surface area contributed by atoms with E-state index in [0.29, 0.717) is 29.6 Å². The quantitative estimate of drug-likeness (QED) is 0.708. The van der Waals surface area contributed by atoms with Gasteiger partial charge in [-0.25, -0.2) is 0 Å². The fourth-order valence-corrected chi connectivity index (χ4v) is 3.06. The Kier molecular flexibility index (Phi) is 7.40. The molecule has 1 aliphatic heterocycles. The Morgan fingerprint density at radius 3 is 2.64 bits per heavy atom. The minimum atomic E-state index is -0.525. The Balaban J connectivity index is 1.87. The summed E-state index contributed by atoms with van der Waals surface area (Å²) in [7, 11) is 1.49. The molecule has 3 atom stereocenters. The number of rotatable bonds is 7. The Labute approximate surface area is 149 Å². The van der Waals surface area contributed by atoms with Crippen molar-refractivity contribution in [2.24, 2.45) is 11.8 Å². The zero-order chi connectivity index (χ0) is 18.2. The number of carbonyl (C=O) groups is 2. The Hall–Kier alpha value is -1.92. The molecule has 138 valence electrons. The smallest absolute Gasteiger partial charge is 0.253 e. The normalized spacial score (nSPS) is 19.7. The van der Waals surface area contributed by atoms with Crippen molar-refractivity contribution in [1.29, 1.82) is 0 Å². The number of anilines is 2. The lowest BCUT2D eigenvalue weighted by Crippen LogP contribution is -2.34. The number of hydrogen-bond acceptors (Lipinski definition) is 4. The van der Waals surface area contributed by atoms with Crippen LogP contribution in [0.1, 0.15) is 33.1 Å². The molecule has 0 aromatic heterocycles. The Morgan fingerprint density at radius 1 is 1.28 bits per heavy atom. The number of amides is 2. The lowest BCUT2D eigenvalue weighted by Gasteiger charge is -2.28. The van der Waals surface area contributed by atoms with E-state index in [0.717, 1.165) is 13.1 Å². The van der Waals surface area contributed by atoms with Crippen LogP contribution >= 0.6 is 0 Å². The molecule has 2 amide bonds. The average Bonchev–Trinajstić information content (AvgIpc) is 2.61. The monoisotopic (exact) mass is 347 g/mol. The standard InChI is InChI=1S/C19H29N3O3/c1-13(15-6-5-9-20-12-15)10-18(23)21-16-7-4-8-17(11-16)22-19(24)14(2)25-3/h4,7-8,11,13-15,20H,5-6,9-10,12H2,1-3H3,(H,21,23)(H,22,24). The zero-order valence-corrected chi connectivity index (χ0v) is 15.3. The van der Waals surface area contributed by atoms with Gasteiger partial charge >= 0.3 is 0 Å². The van der Waals surface area contributed by atoms with Crippen LogP contribution in [0, 0.1) is 11.8 Å². The van der Waals surface area contributed by atoms with Gasteiger partial charge in [0.2, 0.25) is 5.91 Å². The van der Waals surface area contributed by atoms with Crippen LogP contribution in [0.5, 0.6) is 0 Å². The van der Waals surface area contributed by atoms with Gasteiger partial charge in [0.25, 0.3) is 5.91 Å². The summed E-state index contributed by atoms with van der Waals surface area (Å²) in [5, 5.41) is 9.10. The number of benzene rings is 1. The third-order valence-corrected chi connectivity index (χ3v) is 4.78. The van der Waals surface area contributed by atoms with Gasteiger partial charge in [-0.3, -0.25) is 9.59 Å². The molecule has 0 bridgehead atoms. The van der Waals surface area contributed by atoms with Crippen LogP contribution in [0.25, 0.3) is 0 Å². The Bertz CT molecular complexity index is 585. The van der Waals surface area contributed by atoms with E-state index in [4.69, 9.17) is 4.74 Å². The van der Waals surface area contributed by atoms with Gasteiger partial charge in [-0.2, -0.15) is 0 Å². The molecule has 25 heavy (non-hydrogen) atoms. The number of carbonyl (C=O) groups excluding carboxylic acids is 2. The molecule has 6 nitrogen and oxygen atoms in total. The number of ether oxygens (including phenoxy) is 1. The van der Waals surface area contributed by atoms with Gasteiger partial charge in [-0.1, -0.05) is 13.0 Å². The van der Waals surface area contributed by atoms with Gasteiger partial charge < -0.3 is 20.7 Å². The highest BCUT2D eigenvalue weighted by atomic mass is 16.5. The molecule has 1 aromatic carbocycles. The van der Waals surface area contributed by atoms with E-state index < -0.39 is 6.10 Å². The van der Waals surface area contributed by atoms with Gasteiger partial charge in [0.1, 0.15) is 6.10 Å². The second kappa shape index (κ2) is 9.53. The van der Waals surface area contributed by atoms with Crippen molar-refractivity contribution in [1.82, 2.24) is 5.32 Å². The lowest BCUT2D eigenvalue weighted by atomic mass is 9.85. The number of hydrogen-bond donors (Lipinski definition) is 3. The maximum absolute atomic E-state index is 12.3. The minimum absolute atomic E-state index is 0.00631. The van der Waals surface area contributed by atoms with E-state index >= 15 is 0 Å². The molecular formula is C19H29N3O3. The third kappa shape index (κ3) is 6.14. The molecule has 3 N–H and O–H groups in total. The van der Waals surface area contributed by atoms with Crippen LogP contribution < -0.4 is 16.0 Å². The maximum Gasteiger partial charge on any atom is 0.253 e. The maximum atomic E-state index is 12.3. The molecule has 1 fully saturated rings. The fourth-order valence-electron chi connectivity index (χ4n) is 3.06. The molecule has 0 radical (unpaired) electrons. The molecular weight excluding hydrogens is 318 g/mol. The van der Waals surface area contributed by atoms with Crippen LogP contribution in [0.15, 0.2) is 24.3 Å². The van der Waals surface area contributed by atoms with E-state index in [1.807, 2.05) is 6.07 Å².